The first-order chi connectivity index (χ1) is 10.9. The average Bonchev–Trinajstić information content (AvgIpc) is 2.92. The van der Waals surface area contributed by atoms with Crippen molar-refractivity contribution < 1.29 is 18.0 Å². The minimum atomic E-state index is -3.08. The van der Waals surface area contributed by atoms with Crippen LogP contribution in [0.15, 0.2) is 24.3 Å². The minimum absolute atomic E-state index is 0.0502. The minimum Gasteiger partial charge on any atom is -0.333 e. The number of sulfone groups is 1. The lowest BCUT2D eigenvalue weighted by Gasteiger charge is -2.31. The summed E-state index contributed by atoms with van der Waals surface area (Å²) in [6.45, 7) is 0.940. The third-order valence-corrected chi connectivity index (χ3v) is 6.43. The number of amides is 2. The number of rotatable bonds is 1. The SMILES string of the molecule is CN(C(=O)C(=O)N1CCc2ccccc2C1)C1CCS(=O)(=O)C1. The van der Waals surface area contributed by atoms with Crippen molar-refractivity contribution in [2.45, 2.75) is 25.4 Å². The van der Waals surface area contributed by atoms with E-state index in [9.17, 15) is 18.0 Å². The fourth-order valence-corrected chi connectivity index (χ4v) is 4.98. The summed E-state index contributed by atoms with van der Waals surface area (Å²) in [6, 6.07) is 7.49. The van der Waals surface area contributed by atoms with Gasteiger partial charge in [-0.05, 0) is 24.0 Å². The maximum Gasteiger partial charge on any atom is 0.312 e. The van der Waals surface area contributed by atoms with E-state index in [0.29, 0.717) is 19.5 Å². The van der Waals surface area contributed by atoms with Crippen LogP contribution in [-0.4, -0.2) is 61.2 Å². The summed E-state index contributed by atoms with van der Waals surface area (Å²) in [6.07, 6.45) is 1.14. The maximum atomic E-state index is 12.5. The molecule has 2 aliphatic heterocycles. The van der Waals surface area contributed by atoms with Gasteiger partial charge in [-0.25, -0.2) is 8.42 Å². The molecule has 7 heteroatoms. The van der Waals surface area contributed by atoms with Crippen LogP contribution < -0.4 is 0 Å². The van der Waals surface area contributed by atoms with E-state index in [-0.39, 0.29) is 11.5 Å². The quantitative estimate of drug-likeness (QED) is 0.688. The van der Waals surface area contributed by atoms with Gasteiger partial charge in [0.05, 0.1) is 11.5 Å². The van der Waals surface area contributed by atoms with Crippen molar-refractivity contribution in [3.8, 4) is 0 Å². The Morgan fingerprint density at radius 1 is 1.22 bits per heavy atom. The van der Waals surface area contributed by atoms with Gasteiger partial charge in [0.25, 0.3) is 0 Å². The topological polar surface area (TPSA) is 74.8 Å². The van der Waals surface area contributed by atoms with E-state index in [1.807, 2.05) is 24.3 Å². The van der Waals surface area contributed by atoms with Crippen LogP contribution in [0.3, 0.4) is 0 Å². The molecule has 0 bridgehead atoms. The molecule has 2 heterocycles. The van der Waals surface area contributed by atoms with Crippen molar-refractivity contribution in [2.75, 3.05) is 25.1 Å². The number of fused-ring (bicyclic) bond motifs is 1. The Labute approximate surface area is 136 Å². The predicted molar refractivity (Wildman–Crippen MR) is 85.4 cm³/mol. The summed E-state index contributed by atoms with van der Waals surface area (Å²) in [5.74, 6) is -1.14. The molecule has 0 aliphatic carbocycles. The van der Waals surface area contributed by atoms with E-state index in [0.717, 1.165) is 12.0 Å². The zero-order valence-electron chi connectivity index (χ0n) is 13.1. The molecule has 2 amide bonds. The van der Waals surface area contributed by atoms with Crippen molar-refractivity contribution in [2.24, 2.45) is 0 Å². The number of carbonyl (C=O) groups is 2. The van der Waals surface area contributed by atoms with E-state index in [1.165, 1.54) is 17.5 Å². The van der Waals surface area contributed by atoms with E-state index < -0.39 is 27.7 Å². The highest BCUT2D eigenvalue weighted by atomic mass is 32.2. The second-order valence-electron chi connectivity index (χ2n) is 6.22. The lowest BCUT2D eigenvalue weighted by atomic mass is 10.00. The van der Waals surface area contributed by atoms with Crippen molar-refractivity contribution in [3.05, 3.63) is 35.4 Å². The number of nitrogens with zero attached hydrogens (tertiary/aromatic N) is 2. The van der Waals surface area contributed by atoms with Crippen LogP contribution in [0.5, 0.6) is 0 Å². The van der Waals surface area contributed by atoms with Crippen LogP contribution in [0.4, 0.5) is 0 Å². The van der Waals surface area contributed by atoms with Gasteiger partial charge in [0.15, 0.2) is 9.84 Å². The van der Waals surface area contributed by atoms with Crippen LogP contribution in [0.2, 0.25) is 0 Å². The average molecular weight is 336 g/mol. The molecule has 1 unspecified atom stereocenters. The van der Waals surface area contributed by atoms with Crippen molar-refractivity contribution >= 4 is 21.7 Å². The van der Waals surface area contributed by atoms with Gasteiger partial charge >= 0.3 is 11.8 Å². The smallest absolute Gasteiger partial charge is 0.312 e. The highest BCUT2D eigenvalue weighted by Crippen LogP contribution is 2.20. The number of hydrogen-bond donors (Lipinski definition) is 0. The van der Waals surface area contributed by atoms with Gasteiger partial charge in [0.1, 0.15) is 0 Å². The lowest BCUT2D eigenvalue weighted by Crippen LogP contribution is -2.49. The largest absolute Gasteiger partial charge is 0.333 e. The zero-order chi connectivity index (χ0) is 16.6. The van der Waals surface area contributed by atoms with Crippen molar-refractivity contribution in [3.63, 3.8) is 0 Å². The first-order valence-electron chi connectivity index (χ1n) is 7.70. The Morgan fingerprint density at radius 3 is 2.57 bits per heavy atom. The van der Waals surface area contributed by atoms with Crippen LogP contribution in [0, 0.1) is 0 Å². The van der Waals surface area contributed by atoms with E-state index in [2.05, 4.69) is 0 Å². The summed E-state index contributed by atoms with van der Waals surface area (Å²) in [5.41, 5.74) is 2.27. The molecule has 1 aromatic carbocycles. The molecule has 3 rings (SSSR count). The second-order valence-corrected chi connectivity index (χ2v) is 8.45. The summed E-state index contributed by atoms with van der Waals surface area (Å²) in [7, 11) is -1.57. The van der Waals surface area contributed by atoms with Gasteiger partial charge in [-0.3, -0.25) is 9.59 Å². The Balaban J connectivity index is 1.68. The normalized spacial score (nSPS) is 22.5. The van der Waals surface area contributed by atoms with Crippen molar-refractivity contribution in [1.29, 1.82) is 0 Å². The van der Waals surface area contributed by atoms with Crippen LogP contribution >= 0.6 is 0 Å². The fraction of sp³-hybridized carbons (Fsp3) is 0.500. The number of hydrogen-bond acceptors (Lipinski definition) is 4. The van der Waals surface area contributed by atoms with Crippen molar-refractivity contribution in [1.82, 2.24) is 9.80 Å². The molecular formula is C16H20N2O4S. The van der Waals surface area contributed by atoms with Gasteiger partial charge in [-0.2, -0.15) is 0 Å². The molecule has 1 fully saturated rings. The zero-order valence-corrected chi connectivity index (χ0v) is 13.9. The number of benzene rings is 1. The standard InChI is InChI=1S/C16H20N2O4S/c1-17(14-7-9-23(21,22)11-14)15(19)16(20)18-8-6-12-4-2-3-5-13(12)10-18/h2-5,14H,6-11H2,1H3. The highest BCUT2D eigenvalue weighted by Gasteiger charge is 2.36. The van der Waals surface area contributed by atoms with Gasteiger partial charge in [0.2, 0.25) is 0 Å². The molecule has 0 saturated carbocycles. The van der Waals surface area contributed by atoms with Gasteiger partial charge in [0, 0.05) is 26.2 Å². The number of likely N-dealkylation sites (N-methyl/N-ethyl adjacent to an activating group) is 1. The third-order valence-electron chi connectivity index (χ3n) is 4.68. The maximum absolute atomic E-state index is 12.5. The third kappa shape index (κ3) is 3.24. The summed E-state index contributed by atoms with van der Waals surface area (Å²) >= 11 is 0. The number of carbonyl (C=O) groups excluding carboxylic acids is 2. The van der Waals surface area contributed by atoms with Gasteiger partial charge in [-0.15, -0.1) is 0 Å². The molecular weight excluding hydrogens is 316 g/mol. The van der Waals surface area contributed by atoms with Crippen LogP contribution in [0.1, 0.15) is 17.5 Å². The monoisotopic (exact) mass is 336 g/mol. The molecule has 0 radical (unpaired) electrons. The molecule has 124 valence electrons. The highest BCUT2D eigenvalue weighted by molar-refractivity contribution is 7.91. The predicted octanol–water partition coefficient (Wildman–Crippen LogP) is 0.217. The molecule has 1 atom stereocenters. The van der Waals surface area contributed by atoms with E-state index >= 15 is 0 Å². The molecule has 1 aromatic rings. The molecule has 1 saturated heterocycles. The first-order valence-corrected chi connectivity index (χ1v) is 9.53. The van der Waals surface area contributed by atoms with E-state index in [1.54, 1.807) is 4.90 Å². The molecule has 2 aliphatic rings. The summed E-state index contributed by atoms with van der Waals surface area (Å²) in [5, 5.41) is 0. The second kappa shape index (κ2) is 5.96. The Bertz CT molecular complexity index is 744. The fourth-order valence-electron chi connectivity index (χ4n) is 3.20. The molecule has 0 aromatic heterocycles. The van der Waals surface area contributed by atoms with Gasteiger partial charge < -0.3 is 9.80 Å². The van der Waals surface area contributed by atoms with Crippen LogP contribution in [-0.2, 0) is 32.4 Å². The van der Waals surface area contributed by atoms with Gasteiger partial charge in [-0.1, -0.05) is 24.3 Å². The molecule has 0 N–H and O–H groups in total. The first kappa shape index (κ1) is 16.0. The lowest BCUT2D eigenvalue weighted by molar-refractivity contribution is -0.152. The molecule has 23 heavy (non-hydrogen) atoms. The molecule has 6 nitrogen and oxygen atoms in total. The Kier molecular flexibility index (Phi) is 4.14. The summed E-state index contributed by atoms with van der Waals surface area (Å²) < 4.78 is 23.1. The Morgan fingerprint density at radius 2 is 1.91 bits per heavy atom. The molecule has 0 spiro atoms. The van der Waals surface area contributed by atoms with E-state index in [4.69, 9.17) is 0 Å². The van der Waals surface area contributed by atoms with Crippen LogP contribution in [0.25, 0.3) is 0 Å². The Hall–Kier alpha value is -1.89. The summed E-state index contributed by atoms with van der Waals surface area (Å²) in [4.78, 5) is 27.7.